The quantitative estimate of drug-likeness (QED) is 0.155. The van der Waals surface area contributed by atoms with Gasteiger partial charge in [-0.1, -0.05) is 176 Å². The molecule has 0 amide bonds. The number of fused-ring (bicyclic) bond motifs is 9. The van der Waals surface area contributed by atoms with Gasteiger partial charge in [0, 0.05) is 53.7 Å². The Morgan fingerprint density at radius 1 is 0.359 bits per heavy atom. The van der Waals surface area contributed by atoms with E-state index < -0.39 is 5.41 Å². The molecule has 0 saturated heterocycles. The summed E-state index contributed by atoms with van der Waals surface area (Å²) in [4.78, 5) is 2.44. The van der Waals surface area contributed by atoms with Gasteiger partial charge in [0.1, 0.15) is 0 Å². The van der Waals surface area contributed by atoms with Gasteiger partial charge >= 0.3 is 0 Å². The van der Waals surface area contributed by atoms with Gasteiger partial charge in [-0.15, -0.1) is 11.3 Å². The summed E-state index contributed by atoms with van der Waals surface area (Å²) in [5, 5.41) is 5.14. The van der Waals surface area contributed by atoms with Crippen molar-refractivity contribution in [2.24, 2.45) is 0 Å². The van der Waals surface area contributed by atoms with Gasteiger partial charge < -0.3 is 9.47 Å². The molecule has 0 fully saturated rings. The van der Waals surface area contributed by atoms with E-state index in [0.717, 1.165) is 22.7 Å². The maximum atomic E-state index is 2.44. The lowest BCUT2D eigenvalue weighted by Gasteiger charge is -2.34. The van der Waals surface area contributed by atoms with Crippen molar-refractivity contribution in [3.63, 3.8) is 0 Å². The summed E-state index contributed by atoms with van der Waals surface area (Å²) < 4.78 is 5.04. The molecule has 1 aliphatic carbocycles. The molecule has 0 spiro atoms. The first-order chi connectivity index (χ1) is 31.8. The molecule has 10 aromatic carbocycles. The van der Waals surface area contributed by atoms with Crippen molar-refractivity contribution in [2.45, 2.75) is 5.41 Å². The Bertz CT molecular complexity index is 3640. The largest absolute Gasteiger partial charge is 0.310 e. The van der Waals surface area contributed by atoms with Gasteiger partial charge in [0.05, 0.1) is 16.4 Å². The molecule has 2 heterocycles. The molecule has 13 rings (SSSR count). The lowest BCUT2D eigenvalue weighted by molar-refractivity contribution is 0.768. The fourth-order valence-electron chi connectivity index (χ4n) is 10.8. The topological polar surface area (TPSA) is 8.17 Å². The van der Waals surface area contributed by atoms with Crippen molar-refractivity contribution in [1.29, 1.82) is 0 Å². The van der Waals surface area contributed by atoms with E-state index in [-0.39, 0.29) is 0 Å². The Morgan fingerprint density at radius 2 is 0.906 bits per heavy atom. The standard InChI is InChI=1S/C61H40N2S/c1-3-17-42(18-4-1)61(43-19-5-2-6-20-43)54-28-11-7-23-49(54)53-40-47(37-38-55(53)61)62(44-35-33-41(34-36-44)48-27-16-32-59-60(48)52-26-10-14-31-58(52)64-59)45-21-15-22-46(39-45)63-56-29-12-8-24-50(56)51-25-9-13-30-57(51)63/h1-40H. The summed E-state index contributed by atoms with van der Waals surface area (Å²) in [6, 6.07) is 89.5. The Hall–Kier alpha value is -7.98. The average Bonchev–Trinajstić information content (AvgIpc) is 4.02. The van der Waals surface area contributed by atoms with Crippen LogP contribution in [-0.2, 0) is 5.41 Å². The predicted molar refractivity (Wildman–Crippen MR) is 271 cm³/mol. The Morgan fingerprint density at radius 3 is 1.64 bits per heavy atom. The van der Waals surface area contributed by atoms with Crippen LogP contribution >= 0.6 is 11.3 Å². The van der Waals surface area contributed by atoms with Gasteiger partial charge in [-0.3, -0.25) is 0 Å². The Balaban J connectivity index is 1.02. The monoisotopic (exact) mass is 832 g/mol. The summed E-state index contributed by atoms with van der Waals surface area (Å²) in [5.41, 5.74) is 16.4. The number of anilines is 3. The fraction of sp³-hybridized carbons (Fsp3) is 0.0164. The maximum Gasteiger partial charge on any atom is 0.0713 e. The number of para-hydroxylation sites is 2. The van der Waals surface area contributed by atoms with Crippen molar-refractivity contribution in [3.05, 3.63) is 265 Å². The second kappa shape index (κ2) is 14.6. The van der Waals surface area contributed by atoms with Crippen LogP contribution in [0.1, 0.15) is 22.3 Å². The molecular weight excluding hydrogens is 793 g/mol. The normalized spacial score (nSPS) is 12.8. The zero-order valence-electron chi connectivity index (χ0n) is 34.9. The highest BCUT2D eigenvalue weighted by molar-refractivity contribution is 7.25. The molecule has 1 aliphatic rings. The summed E-state index contributed by atoms with van der Waals surface area (Å²) in [5.74, 6) is 0. The van der Waals surface area contributed by atoms with E-state index in [1.165, 1.54) is 86.5 Å². The number of thiophene rings is 1. The smallest absolute Gasteiger partial charge is 0.0713 e. The third-order valence-corrected chi connectivity index (χ3v) is 14.6. The van der Waals surface area contributed by atoms with Crippen LogP contribution in [0.4, 0.5) is 17.1 Å². The number of benzene rings is 10. The summed E-state index contributed by atoms with van der Waals surface area (Å²) >= 11 is 1.87. The third-order valence-electron chi connectivity index (χ3n) is 13.5. The molecule has 0 aliphatic heterocycles. The first kappa shape index (κ1) is 36.7. The molecule has 0 N–H and O–H groups in total. The summed E-state index contributed by atoms with van der Waals surface area (Å²) in [6.45, 7) is 0. The van der Waals surface area contributed by atoms with Crippen LogP contribution in [0.3, 0.4) is 0 Å². The van der Waals surface area contributed by atoms with Crippen LogP contribution in [0.25, 0.3) is 69.9 Å². The molecule has 0 radical (unpaired) electrons. The predicted octanol–water partition coefficient (Wildman–Crippen LogP) is 16.7. The minimum atomic E-state index is -0.469. The van der Waals surface area contributed by atoms with Crippen LogP contribution < -0.4 is 4.90 Å². The first-order valence-corrected chi connectivity index (χ1v) is 22.8. The highest BCUT2D eigenvalue weighted by atomic mass is 32.1. The van der Waals surface area contributed by atoms with E-state index in [1.54, 1.807) is 0 Å². The summed E-state index contributed by atoms with van der Waals surface area (Å²) in [7, 11) is 0. The van der Waals surface area contributed by atoms with Crippen molar-refractivity contribution >= 4 is 70.4 Å². The SMILES string of the molecule is c1ccc(C2(c3ccccc3)c3ccccc3-c3cc(N(c4ccc(-c5cccc6sc7ccccc7c56)cc4)c4cccc(-n5c6ccccc6c6ccccc65)c4)ccc32)cc1. The van der Waals surface area contributed by atoms with E-state index in [9.17, 15) is 0 Å². The molecule has 12 aromatic rings. The van der Waals surface area contributed by atoms with E-state index in [1.807, 2.05) is 11.3 Å². The molecular formula is C61H40N2S. The molecule has 0 bridgehead atoms. The van der Waals surface area contributed by atoms with Gasteiger partial charge in [0.15, 0.2) is 0 Å². The van der Waals surface area contributed by atoms with Crippen LogP contribution in [0, 0.1) is 0 Å². The minimum absolute atomic E-state index is 0.469. The van der Waals surface area contributed by atoms with E-state index in [0.29, 0.717) is 0 Å². The second-order valence-electron chi connectivity index (χ2n) is 16.8. The molecule has 0 atom stereocenters. The van der Waals surface area contributed by atoms with Crippen molar-refractivity contribution in [1.82, 2.24) is 4.57 Å². The minimum Gasteiger partial charge on any atom is -0.310 e. The molecule has 300 valence electrons. The first-order valence-electron chi connectivity index (χ1n) is 22.0. The van der Waals surface area contributed by atoms with Gasteiger partial charge in [-0.25, -0.2) is 0 Å². The van der Waals surface area contributed by atoms with Gasteiger partial charge in [0.2, 0.25) is 0 Å². The highest BCUT2D eigenvalue weighted by Crippen LogP contribution is 2.57. The molecule has 64 heavy (non-hydrogen) atoms. The maximum absolute atomic E-state index is 2.44. The summed E-state index contributed by atoms with van der Waals surface area (Å²) in [6.07, 6.45) is 0. The third kappa shape index (κ3) is 5.44. The van der Waals surface area contributed by atoms with E-state index >= 15 is 0 Å². The van der Waals surface area contributed by atoms with Gasteiger partial charge in [0.25, 0.3) is 0 Å². The highest BCUT2D eigenvalue weighted by Gasteiger charge is 2.46. The van der Waals surface area contributed by atoms with E-state index in [4.69, 9.17) is 0 Å². The number of hydrogen-bond acceptors (Lipinski definition) is 2. The lowest BCUT2D eigenvalue weighted by atomic mass is 9.68. The van der Waals surface area contributed by atoms with Crippen molar-refractivity contribution < 1.29 is 0 Å². The number of hydrogen-bond donors (Lipinski definition) is 0. The molecule has 3 heteroatoms. The number of rotatable bonds is 7. The van der Waals surface area contributed by atoms with Crippen LogP contribution in [0.5, 0.6) is 0 Å². The second-order valence-corrected chi connectivity index (χ2v) is 17.9. The Kier molecular flexibility index (Phi) is 8.34. The Labute approximate surface area is 376 Å². The van der Waals surface area contributed by atoms with Gasteiger partial charge in [-0.05, 0) is 111 Å². The lowest BCUT2D eigenvalue weighted by Crippen LogP contribution is -2.28. The van der Waals surface area contributed by atoms with Crippen LogP contribution in [0.15, 0.2) is 243 Å². The molecule has 2 aromatic heterocycles. The molecule has 0 saturated carbocycles. The van der Waals surface area contributed by atoms with Crippen LogP contribution in [-0.4, -0.2) is 4.57 Å². The van der Waals surface area contributed by atoms with Crippen molar-refractivity contribution in [2.75, 3.05) is 4.90 Å². The molecule has 0 unspecified atom stereocenters. The zero-order valence-corrected chi connectivity index (χ0v) is 35.7. The fourth-order valence-corrected chi connectivity index (χ4v) is 11.9. The zero-order chi connectivity index (χ0) is 42.2. The number of aromatic nitrogens is 1. The molecule has 2 nitrogen and oxygen atoms in total. The van der Waals surface area contributed by atoms with Crippen LogP contribution in [0.2, 0.25) is 0 Å². The average molecular weight is 833 g/mol. The van der Waals surface area contributed by atoms with Crippen molar-refractivity contribution in [3.8, 4) is 27.9 Å². The van der Waals surface area contributed by atoms with E-state index in [2.05, 4.69) is 252 Å². The number of nitrogens with zero attached hydrogens (tertiary/aromatic N) is 2. The van der Waals surface area contributed by atoms with Gasteiger partial charge in [-0.2, -0.15) is 0 Å².